The fourth-order valence-corrected chi connectivity index (χ4v) is 1.88. The van der Waals surface area contributed by atoms with Crippen molar-refractivity contribution in [2.45, 2.75) is 33.2 Å². The topological polar surface area (TPSA) is 21.3 Å². The molecule has 1 N–H and O–H groups in total. The van der Waals surface area contributed by atoms with Gasteiger partial charge in [-0.2, -0.15) is 0 Å². The smallest absolute Gasteiger partial charge is 0.122 e. The zero-order chi connectivity index (χ0) is 12.1. The first-order valence-corrected chi connectivity index (χ1v) is 5.89. The Bertz CT molecular complexity index is 336. The van der Waals surface area contributed by atoms with Crippen LogP contribution in [-0.2, 0) is 6.42 Å². The molecule has 0 aromatic heterocycles. The molecule has 2 heteroatoms. The Hall–Kier alpha value is -1.02. The van der Waals surface area contributed by atoms with E-state index in [0.717, 1.165) is 12.2 Å². The van der Waals surface area contributed by atoms with E-state index in [0.29, 0.717) is 12.0 Å². The van der Waals surface area contributed by atoms with Crippen LogP contribution in [0.25, 0.3) is 0 Å². The Balaban J connectivity index is 2.82. The Kier molecular flexibility index (Phi) is 4.81. The Morgan fingerprint density at radius 1 is 1.31 bits per heavy atom. The Morgan fingerprint density at radius 3 is 2.56 bits per heavy atom. The summed E-state index contributed by atoms with van der Waals surface area (Å²) < 4.78 is 5.39. The van der Waals surface area contributed by atoms with Gasteiger partial charge in [0.25, 0.3) is 0 Å². The highest BCUT2D eigenvalue weighted by Gasteiger charge is 2.13. The highest BCUT2D eigenvalue weighted by molar-refractivity contribution is 5.37. The summed E-state index contributed by atoms with van der Waals surface area (Å²) in [5, 5.41) is 3.30. The summed E-state index contributed by atoms with van der Waals surface area (Å²) in [5.74, 6) is 1.60. The normalized spacial score (nSPS) is 14.6. The predicted molar refractivity (Wildman–Crippen MR) is 69.1 cm³/mol. The molecular formula is C14H23NO. The van der Waals surface area contributed by atoms with Crippen LogP contribution in [-0.4, -0.2) is 20.2 Å². The lowest BCUT2D eigenvalue weighted by atomic mass is 9.94. The van der Waals surface area contributed by atoms with Gasteiger partial charge in [-0.05, 0) is 44.9 Å². The molecule has 0 spiro atoms. The van der Waals surface area contributed by atoms with Gasteiger partial charge in [0.05, 0.1) is 7.11 Å². The highest BCUT2D eigenvalue weighted by Crippen LogP contribution is 2.23. The summed E-state index contributed by atoms with van der Waals surface area (Å²) in [4.78, 5) is 0. The van der Waals surface area contributed by atoms with Gasteiger partial charge in [-0.25, -0.2) is 0 Å². The number of rotatable bonds is 5. The zero-order valence-electron chi connectivity index (χ0n) is 11.0. The zero-order valence-corrected chi connectivity index (χ0v) is 11.0. The summed E-state index contributed by atoms with van der Waals surface area (Å²) in [5.41, 5.74) is 2.59. The van der Waals surface area contributed by atoms with E-state index in [4.69, 9.17) is 4.74 Å². The minimum Gasteiger partial charge on any atom is -0.496 e. The third kappa shape index (κ3) is 3.24. The SMILES string of the molecule is CNC(C)C(C)Cc1cc(C)ccc1OC. The molecule has 0 fully saturated rings. The number of ether oxygens (including phenoxy) is 1. The number of benzene rings is 1. The van der Waals surface area contributed by atoms with Gasteiger partial charge < -0.3 is 10.1 Å². The lowest BCUT2D eigenvalue weighted by molar-refractivity contribution is 0.390. The van der Waals surface area contributed by atoms with Gasteiger partial charge in [0, 0.05) is 6.04 Å². The molecule has 2 nitrogen and oxygen atoms in total. The molecule has 0 saturated heterocycles. The molecule has 0 aliphatic heterocycles. The average molecular weight is 221 g/mol. The molecule has 0 saturated carbocycles. The molecule has 1 rings (SSSR count). The third-order valence-corrected chi connectivity index (χ3v) is 3.29. The first kappa shape index (κ1) is 13.0. The minimum atomic E-state index is 0.519. The van der Waals surface area contributed by atoms with E-state index in [1.54, 1.807) is 7.11 Å². The van der Waals surface area contributed by atoms with Crippen molar-refractivity contribution in [1.82, 2.24) is 5.32 Å². The maximum absolute atomic E-state index is 5.39. The lowest BCUT2D eigenvalue weighted by Crippen LogP contribution is -2.29. The highest BCUT2D eigenvalue weighted by atomic mass is 16.5. The maximum Gasteiger partial charge on any atom is 0.122 e. The van der Waals surface area contributed by atoms with Gasteiger partial charge in [0.15, 0.2) is 0 Å². The number of hydrogen-bond donors (Lipinski definition) is 1. The Morgan fingerprint density at radius 2 is 2.00 bits per heavy atom. The van der Waals surface area contributed by atoms with E-state index in [2.05, 4.69) is 44.3 Å². The number of hydrogen-bond acceptors (Lipinski definition) is 2. The Labute approximate surface area is 99.0 Å². The molecule has 0 radical (unpaired) electrons. The van der Waals surface area contributed by atoms with Crippen LogP contribution in [0.2, 0.25) is 0 Å². The lowest BCUT2D eigenvalue weighted by Gasteiger charge is -2.20. The molecule has 90 valence electrons. The van der Waals surface area contributed by atoms with Crippen molar-refractivity contribution in [2.24, 2.45) is 5.92 Å². The van der Waals surface area contributed by atoms with Crippen LogP contribution >= 0.6 is 0 Å². The summed E-state index contributed by atoms with van der Waals surface area (Å²) in [6, 6.07) is 6.89. The van der Waals surface area contributed by atoms with Crippen molar-refractivity contribution < 1.29 is 4.74 Å². The second kappa shape index (κ2) is 5.90. The molecule has 2 atom stereocenters. The summed E-state index contributed by atoms with van der Waals surface area (Å²) in [6.45, 7) is 6.60. The monoisotopic (exact) mass is 221 g/mol. The van der Waals surface area contributed by atoms with Crippen LogP contribution in [0.4, 0.5) is 0 Å². The largest absolute Gasteiger partial charge is 0.496 e. The van der Waals surface area contributed by atoms with Crippen LogP contribution in [0.3, 0.4) is 0 Å². The molecular weight excluding hydrogens is 198 g/mol. The molecule has 0 aliphatic carbocycles. The van der Waals surface area contributed by atoms with E-state index >= 15 is 0 Å². The van der Waals surface area contributed by atoms with Crippen molar-refractivity contribution >= 4 is 0 Å². The van der Waals surface area contributed by atoms with E-state index < -0.39 is 0 Å². The first-order valence-electron chi connectivity index (χ1n) is 5.89. The molecule has 1 aromatic carbocycles. The van der Waals surface area contributed by atoms with Gasteiger partial charge >= 0.3 is 0 Å². The standard InChI is InChI=1S/C14H23NO/c1-10-6-7-14(16-5)13(8-10)9-11(2)12(3)15-4/h6-8,11-12,15H,9H2,1-5H3. The van der Waals surface area contributed by atoms with Crippen LogP contribution in [0.1, 0.15) is 25.0 Å². The van der Waals surface area contributed by atoms with Crippen molar-refractivity contribution in [3.8, 4) is 5.75 Å². The van der Waals surface area contributed by atoms with E-state index in [9.17, 15) is 0 Å². The molecule has 16 heavy (non-hydrogen) atoms. The van der Waals surface area contributed by atoms with Gasteiger partial charge in [0.2, 0.25) is 0 Å². The fraction of sp³-hybridized carbons (Fsp3) is 0.571. The number of nitrogens with one attached hydrogen (secondary N) is 1. The van der Waals surface area contributed by atoms with Crippen LogP contribution in [0, 0.1) is 12.8 Å². The molecule has 1 aromatic rings. The molecule has 0 bridgehead atoms. The molecule has 0 heterocycles. The second-order valence-electron chi connectivity index (χ2n) is 4.57. The third-order valence-electron chi connectivity index (χ3n) is 3.29. The van der Waals surface area contributed by atoms with Crippen LogP contribution in [0.5, 0.6) is 5.75 Å². The average Bonchev–Trinajstić information content (AvgIpc) is 2.28. The van der Waals surface area contributed by atoms with Crippen molar-refractivity contribution in [1.29, 1.82) is 0 Å². The summed E-state index contributed by atoms with van der Waals surface area (Å²) >= 11 is 0. The predicted octanol–water partition coefficient (Wildman–Crippen LogP) is 2.79. The van der Waals surface area contributed by atoms with Crippen LogP contribution in [0.15, 0.2) is 18.2 Å². The molecule has 0 aliphatic rings. The van der Waals surface area contributed by atoms with E-state index in [1.807, 2.05) is 7.05 Å². The van der Waals surface area contributed by atoms with E-state index in [-0.39, 0.29) is 0 Å². The maximum atomic E-state index is 5.39. The van der Waals surface area contributed by atoms with Crippen molar-refractivity contribution in [2.75, 3.05) is 14.2 Å². The van der Waals surface area contributed by atoms with Crippen LogP contribution < -0.4 is 10.1 Å². The van der Waals surface area contributed by atoms with Gasteiger partial charge in [-0.15, -0.1) is 0 Å². The summed E-state index contributed by atoms with van der Waals surface area (Å²) in [7, 11) is 3.75. The van der Waals surface area contributed by atoms with Crippen molar-refractivity contribution in [3.63, 3.8) is 0 Å². The quantitative estimate of drug-likeness (QED) is 0.825. The first-order chi connectivity index (χ1) is 7.58. The van der Waals surface area contributed by atoms with Gasteiger partial charge in [-0.1, -0.05) is 24.6 Å². The summed E-state index contributed by atoms with van der Waals surface area (Å²) in [6.07, 6.45) is 1.05. The second-order valence-corrected chi connectivity index (χ2v) is 4.57. The number of aryl methyl sites for hydroxylation is 1. The van der Waals surface area contributed by atoms with Gasteiger partial charge in [0.1, 0.15) is 5.75 Å². The van der Waals surface area contributed by atoms with E-state index in [1.165, 1.54) is 11.1 Å². The van der Waals surface area contributed by atoms with Gasteiger partial charge in [-0.3, -0.25) is 0 Å². The molecule has 2 unspecified atom stereocenters. The number of methoxy groups -OCH3 is 1. The minimum absolute atomic E-state index is 0.519. The van der Waals surface area contributed by atoms with Crippen molar-refractivity contribution in [3.05, 3.63) is 29.3 Å². The fourth-order valence-electron chi connectivity index (χ4n) is 1.88. The molecule has 0 amide bonds.